The van der Waals surface area contributed by atoms with Crippen LogP contribution >= 0.6 is 0 Å². The number of fused-ring (bicyclic) bond motifs is 3. The molecule has 0 aliphatic carbocycles. The summed E-state index contributed by atoms with van der Waals surface area (Å²) in [6.45, 7) is 1.61. The molecule has 0 radical (unpaired) electrons. The van der Waals surface area contributed by atoms with Crippen LogP contribution < -0.4 is 10.3 Å². The van der Waals surface area contributed by atoms with E-state index in [4.69, 9.17) is 18.9 Å². The molecule has 0 saturated carbocycles. The zero-order valence-corrected chi connectivity index (χ0v) is 21.2. The fraction of sp³-hybridized carbons (Fsp3) is 0.0968. The van der Waals surface area contributed by atoms with Gasteiger partial charge in [0.1, 0.15) is 11.3 Å². The van der Waals surface area contributed by atoms with Crippen molar-refractivity contribution in [3.63, 3.8) is 0 Å². The number of esters is 1. The second-order valence-corrected chi connectivity index (χ2v) is 8.94. The molecule has 0 fully saturated rings. The monoisotopic (exact) mass is 517 g/mol. The number of furan rings is 1. The molecule has 1 atom stereocenters. The third kappa shape index (κ3) is 4.42. The van der Waals surface area contributed by atoms with Gasteiger partial charge in [0.2, 0.25) is 5.82 Å². The van der Waals surface area contributed by atoms with Crippen molar-refractivity contribution in [2.45, 2.75) is 13.0 Å². The number of hydrogen-bond donors (Lipinski definition) is 0. The number of rotatable bonds is 6. The highest BCUT2D eigenvalue weighted by Gasteiger charge is 2.19. The van der Waals surface area contributed by atoms with Crippen LogP contribution in [0.3, 0.4) is 0 Å². The lowest BCUT2D eigenvalue weighted by Crippen LogP contribution is -2.25. The zero-order valence-electron chi connectivity index (χ0n) is 21.2. The van der Waals surface area contributed by atoms with Crippen molar-refractivity contribution < 1.29 is 18.7 Å². The largest absolute Gasteiger partial charge is 0.478 e. The number of ether oxygens (including phenoxy) is 2. The van der Waals surface area contributed by atoms with Gasteiger partial charge in [0.15, 0.2) is 11.9 Å². The van der Waals surface area contributed by atoms with Crippen LogP contribution in [0.5, 0.6) is 5.75 Å². The molecule has 0 aliphatic heterocycles. The van der Waals surface area contributed by atoms with Gasteiger partial charge in [-0.2, -0.15) is 9.78 Å². The van der Waals surface area contributed by atoms with Crippen LogP contribution in [0.25, 0.3) is 44.2 Å². The summed E-state index contributed by atoms with van der Waals surface area (Å²) in [6, 6.07) is 27.9. The van der Waals surface area contributed by atoms with E-state index in [1.807, 2.05) is 66.7 Å². The van der Waals surface area contributed by atoms with Crippen LogP contribution in [0.4, 0.5) is 0 Å². The van der Waals surface area contributed by atoms with Gasteiger partial charge in [-0.15, -0.1) is 0 Å². The molecular formula is C31H23N3O5. The first-order chi connectivity index (χ1) is 19.0. The molecule has 0 amide bonds. The van der Waals surface area contributed by atoms with Crippen molar-refractivity contribution >= 4 is 44.8 Å². The van der Waals surface area contributed by atoms with Crippen LogP contribution in [0.2, 0.25) is 0 Å². The molecule has 2 aromatic heterocycles. The highest BCUT2D eigenvalue weighted by atomic mass is 16.6. The minimum atomic E-state index is -0.848. The van der Waals surface area contributed by atoms with E-state index in [0.29, 0.717) is 33.6 Å². The third-order valence-corrected chi connectivity index (χ3v) is 6.47. The van der Waals surface area contributed by atoms with Crippen molar-refractivity contribution in [1.29, 1.82) is 0 Å². The second-order valence-electron chi connectivity index (χ2n) is 8.94. The van der Waals surface area contributed by atoms with Crippen LogP contribution in [0.1, 0.15) is 12.5 Å². The molecule has 8 nitrogen and oxygen atoms in total. The predicted molar refractivity (Wildman–Crippen MR) is 150 cm³/mol. The van der Waals surface area contributed by atoms with E-state index < -0.39 is 12.1 Å². The van der Waals surface area contributed by atoms with Crippen molar-refractivity contribution in [3.8, 4) is 17.3 Å². The maximum atomic E-state index is 13.7. The zero-order chi connectivity index (χ0) is 26.9. The smallest absolute Gasteiger partial charge is 0.346 e. The SMILES string of the molecule is COC(=O)[C@H](C)Oc1ccc2ccccc2c1C=Nn1c(-c2cc3ccccc3o2)nc2ccccc2c1=O. The van der Waals surface area contributed by atoms with Gasteiger partial charge in [0, 0.05) is 10.9 Å². The summed E-state index contributed by atoms with van der Waals surface area (Å²) in [5, 5.41) is 7.70. The molecule has 2 heterocycles. The lowest BCUT2D eigenvalue weighted by molar-refractivity contribution is -0.147. The average Bonchev–Trinajstić information content (AvgIpc) is 3.41. The summed E-state index contributed by atoms with van der Waals surface area (Å²) in [7, 11) is 1.31. The Morgan fingerprint density at radius 2 is 1.67 bits per heavy atom. The van der Waals surface area contributed by atoms with Gasteiger partial charge in [-0.05, 0) is 48.0 Å². The Hall–Kier alpha value is -5.24. The molecule has 0 unspecified atom stereocenters. The number of benzene rings is 4. The molecular weight excluding hydrogens is 494 g/mol. The van der Waals surface area contributed by atoms with Crippen molar-refractivity contribution in [1.82, 2.24) is 9.66 Å². The molecule has 0 aliphatic rings. The van der Waals surface area contributed by atoms with Crippen LogP contribution in [0.15, 0.2) is 105 Å². The number of carbonyl (C=O) groups is 1. The van der Waals surface area contributed by atoms with E-state index >= 15 is 0 Å². The van der Waals surface area contributed by atoms with Crippen molar-refractivity contribution in [2.24, 2.45) is 5.10 Å². The minimum absolute atomic E-state index is 0.261. The molecule has 39 heavy (non-hydrogen) atoms. The molecule has 192 valence electrons. The maximum Gasteiger partial charge on any atom is 0.346 e. The van der Waals surface area contributed by atoms with Crippen LogP contribution in [-0.2, 0) is 9.53 Å². The molecule has 0 bridgehead atoms. The first kappa shape index (κ1) is 24.1. The molecule has 6 rings (SSSR count). The van der Waals surface area contributed by atoms with Gasteiger partial charge in [-0.1, -0.05) is 60.7 Å². The quantitative estimate of drug-likeness (QED) is 0.205. The molecule has 0 N–H and O–H groups in total. The number of nitrogens with zero attached hydrogens (tertiary/aromatic N) is 3. The predicted octanol–water partition coefficient (Wildman–Crippen LogP) is 5.79. The fourth-order valence-electron chi connectivity index (χ4n) is 4.51. The fourth-order valence-corrected chi connectivity index (χ4v) is 4.51. The Morgan fingerprint density at radius 1 is 0.949 bits per heavy atom. The first-order valence-electron chi connectivity index (χ1n) is 12.3. The molecule has 4 aromatic carbocycles. The van der Waals surface area contributed by atoms with E-state index in [1.165, 1.54) is 11.8 Å². The minimum Gasteiger partial charge on any atom is -0.478 e. The summed E-state index contributed by atoms with van der Waals surface area (Å²) in [5.41, 5.74) is 1.45. The van der Waals surface area contributed by atoms with E-state index in [2.05, 4.69) is 5.10 Å². The summed E-state index contributed by atoms with van der Waals surface area (Å²) in [5.74, 6) is 0.581. The van der Waals surface area contributed by atoms with Gasteiger partial charge in [0.05, 0.1) is 24.2 Å². The third-order valence-electron chi connectivity index (χ3n) is 6.47. The maximum absolute atomic E-state index is 13.7. The Kier molecular flexibility index (Phi) is 6.13. The molecule has 0 spiro atoms. The summed E-state index contributed by atoms with van der Waals surface area (Å²) < 4.78 is 18.1. The highest BCUT2D eigenvalue weighted by Crippen LogP contribution is 2.29. The van der Waals surface area contributed by atoms with Gasteiger partial charge in [0.25, 0.3) is 5.56 Å². The van der Waals surface area contributed by atoms with Gasteiger partial charge in [-0.3, -0.25) is 4.79 Å². The van der Waals surface area contributed by atoms with E-state index in [1.54, 1.807) is 37.4 Å². The number of methoxy groups -OCH3 is 1. The molecule has 8 heteroatoms. The Bertz CT molecular complexity index is 1920. The Labute approximate surface area is 222 Å². The van der Waals surface area contributed by atoms with Crippen LogP contribution in [0, 0.1) is 0 Å². The lowest BCUT2D eigenvalue weighted by Gasteiger charge is -2.16. The van der Waals surface area contributed by atoms with Gasteiger partial charge in [-0.25, -0.2) is 9.78 Å². The van der Waals surface area contributed by atoms with Crippen molar-refractivity contribution in [2.75, 3.05) is 7.11 Å². The summed E-state index contributed by atoms with van der Waals surface area (Å²) in [6.07, 6.45) is 0.700. The summed E-state index contributed by atoms with van der Waals surface area (Å²) in [4.78, 5) is 30.5. The van der Waals surface area contributed by atoms with Crippen molar-refractivity contribution in [3.05, 3.63) is 107 Å². The van der Waals surface area contributed by atoms with E-state index in [9.17, 15) is 9.59 Å². The van der Waals surface area contributed by atoms with Gasteiger partial charge >= 0.3 is 5.97 Å². The normalized spacial score (nSPS) is 12.4. The summed E-state index contributed by atoms with van der Waals surface area (Å²) >= 11 is 0. The number of aromatic nitrogens is 2. The number of carbonyl (C=O) groups excluding carboxylic acids is 1. The standard InChI is InChI=1S/C31H23N3O5/c1-19(31(36)37-2)38-27-16-15-20-9-3-5-11-22(20)24(27)18-32-34-29(28-17-21-10-4-8-14-26(21)39-28)33-25-13-7-6-12-23(25)30(34)35/h3-19H,1-2H3/t19-/m0/s1. The van der Waals surface area contributed by atoms with Crippen LogP contribution in [-0.4, -0.2) is 35.1 Å². The topological polar surface area (TPSA) is 95.9 Å². The second kappa shape index (κ2) is 9.90. The van der Waals surface area contributed by atoms with E-state index in [0.717, 1.165) is 16.2 Å². The van der Waals surface area contributed by atoms with E-state index in [-0.39, 0.29) is 11.4 Å². The lowest BCUT2D eigenvalue weighted by atomic mass is 10.0. The number of hydrogen-bond acceptors (Lipinski definition) is 7. The average molecular weight is 518 g/mol. The van der Waals surface area contributed by atoms with Gasteiger partial charge < -0.3 is 13.9 Å². The first-order valence-corrected chi connectivity index (χ1v) is 12.3. The number of para-hydroxylation sites is 2. The Balaban J connectivity index is 1.56. The molecule has 0 saturated heterocycles. The highest BCUT2D eigenvalue weighted by molar-refractivity contribution is 6.02. The Morgan fingerprint density at radius 3 is 2.46 bits per heavy atom. The molecule has 6 aromatic rings.